The van der Waals surface area contributed by atoms with Crippen molar-refractivity contribution in [3.05, 3.63) is 52.6 Å². The van der Waals surface area contributed by atoms with Gasteiger partial charge >= 0.3 is 0 Å². The summed E-state index contributed by atoms with van der Waals surface area (Å²) in [6.45, 7) is 12.2. The van der Waals surface area contributed by atoms with E-state index in [2.05, 4.69) is 30.7 Å². The molecule has 1 atom stereocenters. The van der Waals surface area contributed by atoms with E-state index in [9.17, 15) is 9.59 Å². The van der Waals surface area contributed by atoms with E-state index in [1.165, 1.54) is 0 Å². The smallest absolute Gasteiger partial charge is 0.258 e. The number of carbonyl (C=O) groups is 1. The maximum absolute atomic E-state index is 13.2. The number of aliphatic imine (C=N–C) groups is 1. The zero-order valence-corrected chi connectivity index (χ0v) is 19.2. The van der Waals surface area contributed by atoms with Crippen molar-refractivity contribution in [3.63, 3.8) is 0 Å². The molecule has 31 heavy (non-hydrogen) atoms. The lowest BCUT2D eigenvalue weighted by Crippen LogP contribution is -2.23. The number of anilines is 1. The second-order valence-electron chi connectivity index (χ2n) is 8.39. The maximum Gasteiger partial charge on any atom is 0.258 e. The van der Waals surface area contributed by atoms with Gasteiger partial charge in [0.15, 0.2) is 0 Å². The number of rotatable bonds is 8. The van der Waals surface area contributed by atoms with Gasteiger partial charge < -0.3 is 9.88 Å². The molecule has 0 spiro atoms. The average molecular weight is 421 g/mol. The van der Waals surface area contributed by atoms with Crippen LogP contribution in [0.1, 0.15) is 58.9 Å². The number of nitrogens with one attached hydrogen (secondary N) is 1. The molecule has 1 unspecified atom stereocenters. The Bertz CT molecular complexity index is 1140. The number of aromatic nitrogens is 2. The fourth-order valence-electron chi connectivity index (χ4n) is 3.74. The topological polar surface area (TPSA) is 76.3 Å². The minimum Gasteiger partial charge on any atom is -0.311 e. The molecule has 0 aliphatic heterocycles. The molecule has 2 aromatic heterocycles. The van der Waals surface area contributed by atoms with Crippen molar-refractivity contribution < 1.29 is 4.79 Å². The summed E-state index contributed by atoms with van der Waals surface area (Å²) in [5.41, 5.74) is 3.57. The molecule has 2 heterocycles. The summed E-state index contributed by atoms with van der Waals surface area (Å²) in [6.07, 6.45) is 7.58. The summed E-state index contributed by atoms with van der Waals surface area (Å²) >= 11 is 0. The third-order valence-corrected chi connectivity index (χ3v) is 5.88. The molecule has 1 fully saturated rings. The van der Waals surface area contributed by atoms with Gasteiger partial charge in [-0.25, -0.2) is 4.98 Å². The lowest BCUT2D eigenvalue weighted by molar-refractivity contribution is -0.117. The Morgan fingerprint density at radius 3 is 2.74 bits per heavy atom. The molecule has 1 aliphatic carbocycles. The van der Waals surface area contributed by atoms with E-state index in [4.69, 9.17) is 4.99 Å². The van der Waals surface area contributed by atoms with Gasteiger partial charge in [0.2, 0.25) is 5.91 Å². The molecule has 6 nitrogen and oxygen atoms in total. The normalized spacial score (nSPS) is 15.8. The Morgan fingerprint density at radius 1 is 1.42 bits per heavy atom. The van der Waals surface area contributed by atoms with Crippen LogP contribution in [0, 0.1) is 11.8 Å². The number of pyridine rings is 2. The van der Waals surface area contributed by atoms with Crippen molar-refractivity contribution in [2.45, 2.75) is 53.4 Å². The van der Waals surface area contributed by atoms with Crippen molar-refractivity contribution in [2.24, 2.45) is 23.9 Å². The standard InChI is InChI=1S/C25H32N4O2/c1-7-9-15(3)16(4)27-17(5)20(8-2)21-12-19-14-26-23(28-24(30)18-10-11-18)13-22(19)29(6)25(21)31/h8,12-15,18H,4,7,9-11H2,1-3,5-6H3,(H,26,28,30)/b20-8+,27-17?. The molecule has 0 saturated heterocycles. The first-order valence-electron chi connectivity index (χ1n) is 11.0. The molecular formula is C25H32N4O2. The average Bonchev–Trinajstić information content (AvgIpc) is 3.58. The first-order chi connectivity index (χ1) is 14.8. The number of allylic oxidation sites excluding steroid dienone is 3. The van der Waals surface area contributed by atoms with Crippen molar-refractivity contribution in [1.29, 1.82) is 0 Å². The lowest BCUT2D eigenvalue weighted by Gasteiger charge is -2.14. The SMILES string of the molecule is C=C(N=C(C)/C(=C\C)c1cc2cnc(NC(=O)C3CC3)cc2n(C)c1=O)C(C)CCC. The second-order valence-corrected chi connectivity index (χ2v) is 8.39. The van der Waals surface area contributed by atoms with Crippen LogP contribution in [0.2, 0.25) is 0 Å². The van der Waals surface area contributed by atoms with Gasteiger partial charge in [-0.1, -0.05) is 32.9 Å². The van der Waals surface area contributed by atoms with Crippen molar-refractivity contribution in [2.75, 3.05) is 5.32 Å². The van der Waals surface area contributed by atoms with Crippen LogP contribution in [-0.2, 0) is 11.8 Å². The number of nitrogens with zero attached hydrogens (tertiary/aromatic N) is 3. The van der Waals surface area contributed by atoms with E-state index >= 15 is 0 Å². The monoisotopic (exact) mass is 420 g/mol. The fraction of sp³-hybridized carbons (Fsp3) is 0.440. The molecule has 1 N–H and O–H groups in total. The van der Waals surface area contributed by atoms with Gasteiger partial charge in [-0.05, 0) is 45.1 Å². The third-order valence-electron chi connectivity index (χ3n) is 5.88. The van der Waals surface area contributed by atoms with E-state index in [1.807, 2.05) is 26.0 Å². The van der Waals surface area contributed by atoms with Gasteiger partial charge in [0.25, 0.3) is 5.56 Å². The highest BCUT2D eigenvalue weighted by atomic mass is 16.2. The third kappa shape index (κ3) is 5.01. The predicted molar refractivity (Wildman–Crippen MR) is 128 cm³/mol. The van der Waals surface area contributed by atoms with Gasteiger partial charge in [-0.15, -0.1) is 0 Å². The van der Waals surface area contributed by atoms with Crippen molar-refractivity contribution in [3.8, 4) is 0 Å². The first-order valence-corrected chi connectivity index (χ1v) is 11.0. The van der Waals surface area contributed by atoms with Crippen LogP contribution in [-0.4, -0.2) is 21.2 Å². The molecule has 0 aromatic carbocycles. The highest BCUT2D eigenvalue weighted by molar-refractivity contribution is 6.23. The number of hydrogen-bond donors (Lipinski definition) is 1. The van der Waals surface area contributed by atoms with E-state index in [0.29, 0.717) is 17.3 Å². The molecule has 3 rings (SSSR count). The number of amides is 1. The molecular weight excluding hydrogens is 388 g/mol. The van der Waals surface area contributed by atoms with Gasteiger partial charge in [0, 0.05) is 53.2 Å². The van der Waals surface area contributed by atoms with Crippen LogP contribution in [0.15, 0.2) is 46.5 Å². The fourth-order valence-corrected chi connectivity index (χ4v) is 3.74. The van der Waals surface area contributed by atoms with E-state index in [-0.39, 0.29) is 17.4 Å². The maximum atomic E-state index is 13.2. The van der Waals surface area contributed by atoms with Gasteiger partial charge in [-0.3, -0.25) is 14.6 Å². The summed E-state index contributed by atoms with van der Waals surface area (Å²) < 4.78 is 1.60. The highest BCUT2D eigenvalue weighted by Crippen LogP contribution is 2.30. The Hall–Kier alpha value is -3.02. The zero-order valence-electron chi connectivity index (χ0n) is 19.2. The Balaban J connectivity index is 1.97. The molecule has 164 valence electrons. The number of aryl methyl sites for hydroxylation is 1. The van der Waals surface area contributed by atoms with Crippen molar-refractivity contribution >= 4 is 33.9 Å². The summed E-state index contributed by atoms with van der Waals surface area (Å²) in [7, 11) is 1.74. The van der Waals surface area contributed by atoms with E-state index in [1.54, 1.807) is 23.9 Å². The van der Waals surface area contributed by atoms with Crippen LogP contribution in [0.4, 0.5) is 5.82 Å². The molecule has 1 amide bonds. The molecule has 1 saturated carbocycles. The lowest BCUT2D eigenvalue weighted by atomic mass is 10.00. The van der Waals surface area contributed by atoms with Crippen LogP contribution in [0.5, 0.6) is 0 Å². The highest BCUT2D eigenvalue weighted by Gasteiger charge is 2.29. The van der Waals surface area contributed by atoms with E-state index < -0.39 is 0 Å². The molecule has 6 heteroatoms. The summed E-state index contributed by atoms with van der Waals surface area (Å²) in [6, 6.07) is 3.61. The molecule has 2 aromatic rings. The van der Waals surface area contributed by atoms with Crippen LogP contribution < -0.4 is 10.9 Å². The van der Waals surface area contributed by atoms with Crippen LogP contribution >= 0.6 is 0 Å². The van der Waals surface area contributed by atoms with Crippen LogP contribution in [0.3, 0.4) is 0 Å². The van der Waals surface area contributed by atoms with Crippen molar-refractivity contribution in [1.82, 2.24) is 9.55 Å². The second kappa shape index (κ2) is 9.41. The van der Waals surface area contributed by atoms with E-state index in [0.717, 1.165) is 53.6 Å². The Kier molecular flexibility index (Phi) is 6.88. The van der Waals surface area contributed by atoms with Gasteiger partial charge in [0.1, 0.15) is 5.82 Å². The summed E-state index contributed by atoms with van der Waals surface area (Å²) in [4.78, 5) is 34.3. The molecule has 1 aliphatic rings. The summed E-state index contributed by atoms with van der Waals surface area (Å²) in [5.74, 6) is 0.857. The van der Waals surface area contributed by atoms with Gasteiger partial charge in [0.05, 0.1) is 5.52 Å². The molecule has 0 radical (unpaired) electrons. The largest absolute Gasteiger partial charge is 0.311 e. The Labute approximate surface area is 183 Å². The molecule has 0 bridgehead atoms. The number of hydrogen-bond acceptors (Lipinski definition) is 4. The number of carbonyl (C=O) groups excluding carboxylic acids is 1. The predicted octanol–water partition coefficient (Wildman–Crippen LogP) is 5.10. The Morgan fingerprint density at radius 2 is 2.13 bits per heavy atom. The minimum absolute atomic E-state index is 0.00552. The zero-order chi connectivity index (χ0) is 22.7. The summed E-state index contributed by atoms with van der Waals surface area (Å²) in [5, 5.41) is 3.67. The van der Waals surface area contributed by atoms with Gasteiger partial charge in [-0.2, -0.15) is 0 Å². The number of fused-ring (bicyclic) bond motifs is 1. The quantitative estimate of drug-likeness (QED) is 0.604. The van der Waals surface area contributed by atoms with Crippen LogP contribution in [0.25, 0.3) is 16.5 Å². The minimum atomic E-state index is -0.118. The first kappa shape index (κ1) is 22.7.